The topological polar surface area (TPSA) is 173 Å². The van der Waals surface area contributed by atoms with Gasteiger partial charge in [0.25, 0.3) is 0 Å². The SMILES string of the molecule is CC(C)OCc1ccccc1.CC(C)OCc1cncn1C.CC(C)OCc1cncs1.Cc1ccc(COC(C)C)cn1.Cc1ncc(COC(C)C)cn1.Cc1ncc(COC(C)C)o1.Cc1ncc(COC(C)C)s1. The number of hydrogen-bond acceptors (Lipinski definition) is 17. The zero-order valence-corrected chi connectivity index (χ0v) is 52.0. The Morgan fingerprint density at radius 3 is 1.40 bits per heavy atom. The van der Waals surface area contributed by atoms with Crippen LogP contribution in [0.25, 0.3) is 0 Å². The van der Waals surface area contributed by atoms with E-state index in [0.29, 0.717) is 63.8 Å². The molecule has 0 radical (unpaired) electrons. The minimum Gasteiger partial charge on any atom is -0.444 e. The third kappa shape index (κ3) is 40.1. The lowest BCUT2D eigenvalue weighted by atomic mass is 10.2. The van der Waals surface area contributed by atoms with Gasteiger partial charge in [0, 0.05) is 56.2 Å². The van der Waals surface area contributed by atoms with E-state index in [1.54, 1.807) is 47.6 Å². The Morgan fingerprint density at radius 2 is 0.949 bits per heavy atom. The Balaban J connectivity index is 0.000000455. The molecule has 1 aromatic carbocycles. The molecule has 434 valence electrons. The predicted octanol–water partition coefficient (Wildman–Crippen LogP) is 14.3. The molecular formula is C60H94N8O8S2. The first kappa shape index (κ1) is 70.9. The summed E-state index contributed by atoms with van der Waals surface area (Å²) in [5.41, 5.74) is 7.37. The van der Waals surface area contributed by atoms with Crippen LogP contribution in [0.5, 0.6) is 0 Å². The number of oxazole rings is 1. The second-order valence-electron chi connectivity index (χ2n) is 19.6. The van der Waals surface area contributed by atoms with Gasteiger partial charge < -0.3 is 42.1 Å². The number of rotatable bonds is 21. The molecule has 0 atom stereocenters. The van der Waals surface area contributed by atoms with E-state index in [0.717, 1.165) is 45.7 Å². The molecule has 7 rings (SSSR count). The zero-order chi connectivity index (χ0) is 58.3. The van der Waals surface area contributed by atoms with Crippen molar-refractivity contribution >= 4 is 22.7 Å². The number of nitrogens with zero attached hydrogens (tertiary/aromatic N) is 8. The number of benzene rings is 1. The van der Waals surface area contributed by atoms with Crippen molar-refractivity contribution in [1.29, 1.82) is 0 Å². The quantitative estimate of drug-likeness (QED) is 0.0664. The van der Waals surface area contributed by atoms with E-state index in [9.17, 15) is 0 Å². The van der Waals surface area contributed by atoms with Crippen molar-refractivity contribution in [2.24, 2.45) is 7.05 Å². The van der Waals surface area contributed by atoms with Crippen molar-refractivity contribution in [2.75, 3.05) is 0 Å². The lowest BCUT2D eigenvalue weighted by Gasteiger charge is -2.06. The maximum absolute atomic E-state index is 5.43. The molecule has 0 unspecified atom stereocenters. The van der Waals surface area contributed by atoms with Gasteiger partial charge in [0.05, 0.1) is 127 Å². The number of pyridine rings is 1. The van der Waals surface area contributed by atoms with Gasteiger partial charge in [0.1, 0.15) is 18.2 Å². The first-order chi connectivity index (χ1) is 37.0. The molecular weight excluding hydrogens is 1020 g/mol. The number of aryl methyl sites for hydroxylation is 5. The Labute approximate surface area is 476 Å². The summed E-state index contributed by atoms with van der Waals surface area (Å²) in [6.07, 6.45) is 16.4. The van der Waals surface area contributed by atoms with Gasteiger partial charge in [0.15, 0.2) is 5.89 Å². The van der Waals surface area contributed by atoms with Gasteiger partial charge >= 0.3 is 0 Å². The highest BCUT2D eigenvalue weighted by Gasteiger charge is 2.03. The van der Waals surface area contributed by atoms with Crippen LogP contribution in [0.1, 0.15) is 157 Å². The van der Waals surface area contributed by atoms with E-state index in [1.165, 1.54) is 15.3 Å². The van der Waals surface area contributed by atoms with Crippen LogP contribution in [0, 0.1) is 27.7 Å². The highest BCUT2D eigenvalue weighted by molar-refractivity contribution is 7.11. The summed E-state index contributed by atoms with van der Waals surface area (Å²) in [4.78, 5) is 30.7. The van der Waals surface area contributed by atoms with E-state index in [1.807, 2.05) is 197 Å². The molecule has 6 heterocycles. The molecule has 7 aromatic rings. The summed E-state index contributed by atoms with van der Waals surface area (Å²) >= 11 is 3.32. The summed E-state index contributed by atoms with van der Waals surface area (Å²) in [6.45, 7) is 40.5. The van der Waals surface area contributed by atoms with Crippen molar-refractivity contribution in [1.82, 2.24) is 39.5 Å². The molecule has 18 heteroatoms. The van der Waals surface area contributed by atoms with Crippen LogP contribution >= 0.6 is 22.7 Å². The maximum Gasteiger partial charge on any atom is 0.191 e. The minimum absolute atomic E-state index is 0.236. The molecule has 0 aliphatic carbocycles. The smallest absolute Gasteiger partial charge is 0.191 e. The highest BCUT2D eigenvalue weighted by Crippen LogP contribution is 2.13. The molecule has 78 heavy (non-hydrogen) atoms. The van der Waals surface area contributed by atoms with E-state index in [2.05, 4.69) is 47.0 Å². The molecule has 16 nitrogen and oxygen atoms in total. The van der Waals surface area contributed by atoms with Crippen molar-refractivity contribution < 1.29 is 37.6 Å². The van der Waals surface area contributed by atoms with Crippen LogP contribution < -0.4 is 0 Å². The molecule has 0 saturated carbocycles. The average Bonchev–Trinajstić information content (AvgIpc) is 4.24. The second-order valence-corrected chi connectivity index (χ2v) is 21.9. The molecule has 0 amide bonds. The van der Waals surface area contributed by atoms with Crippen LogP contribution in [0.3, 0.4) is 0 Å². The number of hydrogen-bond donors (Lipinski definition) is 0. The van der Waals surface area contributed by atoms with Crippen molar-refractivity contribution in [3.8, 4) is 0 Å². The van der Waals surface area contributed by atoms with Crippen LogP contribution in [0.15, 0.2) is 102 Å². The molecule has 0 saturated heterocycles. The van der Waals surface area contributed by atoms with Crippen LogP contribution in [-0.4, -0.2) is 82.2 Å². The van der Waals surface area contributed by atoms with Crippen molar-refractivity contribution in [3.05, 3.63) is 158 Å². The lowest BCUT2D eigenvalue weighted by Crippen LogP contribution is -2.04. The molecule has 0 spiro atoms. The molecule has 0 fully saturated rings. The van der Waals surface area contributed by atoms with Crippen LogP contribution in [0.4, 0.5) is 0 Å². The van der Waals surface area contributed by atoms with Gasteiger partial charge in [-0.15, -0.1) is 22.7 Å². The zero-order valence-electron chi connectivity index (χ0n) is 50.4. The van der Waals surface area contributed by atoms with Gasteiger partial charge in [0.2, 0.25) is 0 Å². The molecule has 0 bridgehead atoms. The fraction of sp³-hybridized carbons (Fsp3) is 0.550. The maximum atomic E-state index is 5.43. The van der Waals surface area contributed by atoms with Gasteiger partial charge in [-0.25, -0.2) is 24.9 Å². The largest absolute Gasteiger partial charge is 0.444 e. The number of imidazole rings is 1. The van der Waals surface area contributed by atoms with Gasteiger partial charge in [-0.05, 0) is 135 Å². The lowest BCUT2D eigenvalue weighted by molar-refractivity contribution is 0.0541. The number of ether oxygens (including phenoxy) is 7. The normalized spacial score (nSPS) is 10.7. The first-order valence-electron chi connectivity index (χ1n) is 26.7. The second kappa shape index (κ2) is 42.8. The summed E-state index contributed by atoms with van der Waals surface area (Å²) in [5, 5.41) is 1.10. The third-order valence-corrected chi connectivity index (χ3v) is 11.0. The van der Waals surface area contributed by atoms with E-state index < -0.39 is 0 Å². The molecule has 0 aliphatic rings. The van der Waals surface area contributed by atoms with Gasteiger partial charge in [-0.3, -0.25) is 9.97 Å². The van der Waals surface area contributed by atoms with Crippen molar-refractivity contribution in [3.63, 3.8) is 0 Å². The fourth-order valence-corrected chi connectivity index (χ4v) is 6.45. The standard InChI is InChI=1S/C10H15NO.C10H14O.C9H14N2O.C8H14N2O.C8H13NO2.C8H13NOS.C7H11NOS/c1-8(2)12-7-10-5-4-9(3)11-6-10;1-9(2)11-8-10-6-4-3-5-7-10;1-7(2)12-6-9-4-10-8(3)11-5-9;1-7(2)11-5-8-4-9-6-10(8)3;2*1-6(2)10-5-8-4-9-7(3)11-8;1-6(2)9-4-7-3-8-5-10-7/h4-6,8H,7H2,1-3H3;3-7,9H,8H2,1-2H3;4-5,7H,6H2,1-3H3;4,6-7H,5H2,1-3H3;2*4,6H,5H2,1-3H3;3,5-6H,4H2,1-2H3. The van der Waals surface area contributed by atoms with Crippen LogP contribution in [0.2, 0.25) is 0 Å². The Bertz CT molecular complexity index is 2340. The van der Waals surface area contributed by atoms with Gasteiger partial charge in [-0.1, -0.05) is 36.4 Å². The minimum atomic E-state index is 0.236. The number of aromatic nitrogens is 8. The monoisotopic (exact) mass is 1120 g/mol. The number of thiazole rings is 2. The van der Waals surface area contributed by atoms with Crippen molar-refractivity contribution in [2.45, 2.75) is 214 Å². The van der Waals surface area contributed by atoms with Gasteiger partial charge in [-0.2, -0.15) is 0 Å². The summed E-state index contributed by atoms with van der Waals surface area (Å²) in [5.74, 6) is 2.27. The summed E-state index contributed by atoms with van der Waals surface area (Å²) in [6, 6.07) is 14.3. The predicted molar refractivity (Wildman–Crippen MR) is 315 cm³/mol. The third-order valence-electron chi connectivity index (χ3n) is 9.38. The summed E-state index contributed by atoms with van der Waals surface area (Å²) in [7, 11) is 1.96. The van der Waals surface area contributed by atoms with E-state index >= 15 is 0 Å². The Kier molecular flexibility index (Phi) is 38.8. The van der Waals surface area contributed by atoms with Crippen LogP contribution in [-0.2, 0) is 86.5 Å². The summed E-state index contributed by atoms with van der Waals surface area (Å²) < 4.78 is 44.9. The average molecular weight is 1120 g/mol. The highest BCUT2D eigenvalue weighted by atomic mass is 32.1. The van der Waals surface area contributed by atoms with E-state index in [4.69, 9.17) is 37.6 Å². The van der Waals surface area contributed by atoms with E-state index in [-0.39, 0.29) is 24.4 Å². The molecule has 0 N–H and O–H groups in total. The molecule has 0 aliphatic heterocycles. The fourth-order valence-electron chi connectivity index (χ4n) is 5.22. The Morgan fingerprint density at radius 1 is 0.449 bits per heavy atom. The Hall–Kier alpha value is -5.15. The first-order valence-corrected chi connectivity index (χ1v) is 28.4. The molecule has 6 aromatic heterocycles.